The lowest BCUT2D eigenvalue weighted by Gasteiger charge is -2.36. The Morgan fingerprint density at radius 2 is 1.81 bits per heavy atom. The van der Waals surface area contributed by atoms with Crippen LogP contribution in [0.3, 0.4) is 0 Å². The van der Waals surface area contributed by atoms with Gasteiger partial charge in [-0.3, -0.25) is 4.79 Å². The van der Waals surface area contributed by atoms with Crippen LogP contribution in [-0.4, -0.2) is 59.2 Å². The fourth-order valence-corrected chi connectivity index (χ4v) is 4.07. The zero-order chi connectivity index (χ0) is 26.8. The number of nitrogens with zero attached hydrogens (tertiary/aromatic N) is 3. The highest BCUT2D eigenvalue weighted by atomic mass is 19.4. The molecule has 0 aliphatic carbocycles. The van der Waals surface area contributed by atoms with Crippen LogP contribution < -0.4 is 5.73 Å². The van der Waals surface area contributed by atoms with Gasteiger partial charge < -0.3 is 24.7 Å². The van der Waals surface area contributed by atoms with Crippen molar-refractivity contribution in [3.05, 3.63) is 52.4 Å². The lowest BCUT2D eigenvalue weighted by Crippen LogP contribution is -2.44. The summed E-state index contributed by atoms with van der Waals surface area (Å²) in [6.07, 6.45) is -5.51. The molecule has 0 spiro atoms. The Kier molecular flexibility index (Phi) is 8.29. The number of halogens is 6. The molecule has 198 valence electrons. The molecule has 0 saturated carbocycles. The highest BCUT2D eigenvalue weighted by Gasteiger charge is 2.44. The minimum absolute atomic E-state index is 0.0184. The number of imidazole rings is 1. The second-order valence-electron chi connectivity index (χ2n) is 8.24. The minimum atomic E-state index is -4.86. The van der Waals surface area contributed by atoms with Crippen molar-refractivity contribution in [3.8, 4) is 0 Å². The van der Waals surface area contributed by atoms with E-state index in [2.05, 4.69) is 4.98 Å². The van der Waals surface area contributed by atoms with E-state index in [4.69, 9.17) is 15.2 Å². The first-order valence-corrected chi connectivity index (χ1v) is 10.9. The number of hydrogen-bond donors (Lipinski definition) is 1. The van der Waals surface area contributed by atoms with Crippen LogP contribution in [0.15, 0.2) is 12.1 Å². The Morgan fingerprint density at radius 3 is 2.44 bits per heavy atom. The third-order valence-electron chi connectivity index (χ3n) is 5.73. The zero-order valence-electron chi connectivity index (χ0n) is 19.4. The van der Waals surface area contributed by atoms with Crippen LogP contribution in [0.25, 0.3) is 0 Å². The van der Waals surface area contributed by atoms with Crippen LogP contribution in [0.4, 0.5) is 26.3 Å². The average Bonchev–Trinajstić information content (AvgIpc) is 3.19. The summed E-state index contributed by atoms with van der Waals surface area (Å²) in [5.41, 5.74) is 4.99. The Hall–Kier alpha value is -3.13. The molecule has 8 nitrogen and oxygen atoms in total. The molecule has 1 unspecified atom stereocenters. The predicted octanol–water partition coefficient (Wildman–Crippen LogP) is 2.99. The molecule has 1 aliphatic rings. The number of methoxy groups -OCH3 is 1. The van der Waals surface area contributed by atoms with Crippen LogP contribution in [0, 0.1) is 17.5 Å². The van der Waals surface area contributed by atoms with Gasteiger partial charge in [0.05, 0.1) is 18.3 Å². The number of hydrogen-bond acceptors (Lipinski definition) is 6. The number of ether oxygens (including phenoxy) is 2. The molecule has 3 rings (SSSR count). The van der Waals surface area contributed by atoms with Crippen LogP contribution in [0.2, 0.25) is 0 Å². The summed E-state index contributed by atoms with van der Waals surface area (Å²) in [7, 11) is 1.35. The summed E-state index contributed by atoms with van der Waals surface area (Å²) in [5.74, 6) is -6.64. The molecule has 1 aromatic carbocycles. The molecule has 1 amide bonds. The molecule has 0 radical (unpaired) electrons. The van der Waals surface area contributed by atoms with E-state index in [1.165, 1.54) is 18.9 Å². The molecule has 1 aromatic heterocycles. The van der Waals surface area contributed by atoms with Gasteiger partial charge in [-0.2, -0.15) is 13.2 Å². The van der Waals surface area contributed by atoms with Gasteiger partial charge in [0.25, 0.3) is 0 Å². The third kappa shape index (κ3) is 5.81. The minimum Gasteiger partial charge on any atom is -0.458 e. The first-order valence-electron chi connectivity index (χ1n) is 10.9. The van der Waals surface area contributed by atoms with Gasteiger partial charge in [-0.05, 0) is 25.0 Å². The lowest BCUT2D eigenvalue weighted by molar-refractivity contribution is -0.148. The fraction of sp³-hybridized carbons (Fsp3) is 0.500. The SMILES string of the molecule is COCCOC(=O)c1nc(C(F)(F)F)n2c1C(C)N(C(=O)C[C@H](N)Cc1cc(F)c(F)cc1F)CC2. The maximum absolute atomic E-state index is 13.9. The van der Waals surface area contributed by atoms with Crippen molar-refractivity contribution in [3.63, 3.8) is 0 Å². The summed E-state index contributed by atoms with van der Waals surface area (Å²) in [4.78, 5) is 30.1. The number of nitrogens with two attached hydrogens (primary N) is 1. The van der Waals surface area contributed by atoms with Crippen molar-refractivity contribution >= 4 is 11.9 Å². The number of esters is 1. The Labute approximate surface area is 202 Å². The number of aromatic nitrogens is 2. The van der Waals surface area contributed by atoms with Gasteiger partial charge in [-0.15, -0.1) is 0 Å². The molecule has 0 bridgehead atoms. The Morgan fingerprint density at radius 1 is 1.14 bits per heavy atom. The summed E-state index contributed by atoms with van der Waals surface area (Å²) in [6, 6.07) is -0.984. The van der Waals surface area contributed by atoms with Gasteiger partial charge in [0.2, 0.25) is 11.7 Å². The monoisotopic (exact) mass is 522 g/mol. The van der Waals surface area contributed by atoms with Crippen LogP contribution in [0.1, 0.15) is 47.0 Å². The average molecular weight is 522 g/mol. The van der Waals surface area contributed by atoms with Gasteiger partial charge in [0.1, 0.15) is 12.4 Å². The number of carbonyl (C=O) groups excluding carboxylic acids is 2. The number of carbonyl (C=O) groups is 2. The van der Waals surface area contributed by atoms with E-state index < -0.39 is 59.1 Å². The Balaban J connectivity index is 1.81. The lowest BCUT2D eigenvalue weighted by atomic mass is 10.0. The summed E-state index contributed by atoms with van der Waals surface area (Å²) in [5, 5.41) is 0. The number of rotatable bonds is 8. The van der Waals surface area contributed by atoms with Crippen molar-refractivity contribution in [2.45, 2.75) is 44.6 Å². The van der Waals surface area contributed by atoms with Crippen molar-refractivity contribution in [2.75, 3.05) is 26.9 Å². The standard InChI is InChI=1S/C22H24F6N4O4/c1-11-19-18(20(34)36-6-5-35-2)30-21(22(26,27)28)32(19)4-3-31(11)17(33)9-13(29)7-12-8-15(24)16(25)10-14(12)23/h8,10-11,13H,3-7,9,29H2,1-2H3/t11?,13-/m1/s1. The van der Waals surface area contributed by atoms with Crippen LogP contribution in [-0.2, 0) is 33.4 Å². The quantitative estimate of drug-likeness (QED) is 0.248. The molecule has 2 atom stereocenters. The first-order chi connectivity index (χ1) is 16.8. The second kappa shape index (κ2) is 10.9. The van der Waals surface area contributed by atoms with Crippen molar-refractivity contribution in [2.24, 2.45) is 5.73 Å². The van der Waals surface area contributed by atoms with Crippen molar-refractivity contribution in [1.29, 1.82) is 0 Å². The molecule has 14 heteroatoms. The van der Waals surface area contributed by atoms with Crippen LogP contribution >= 0.6 is 0 Å². The number of alkyl halides is 3. The molecule has 36 heavy (non-hydrogen) atoms. The molecule has 2 heterocycles. The van der Waals surface area contributed by atoms with E-state index in [-0.39, 0.29) is 50.4 Å². The molecule has 0 fully saturated rings. The molecule has 0 saturated heterocycles. The summed E-state index contributed by atoms with van der Waals surface area (Å²) in [6.45, 7) is 0.791. The first kappa shape index (κ1) is 27.5. The maximum Gasteiger partial charge on any atom is 0.449 e. The van der Waals surface area contributed by atoms with E-state index >= 15 is 0 Å². The van der Waals surface area contributed by atoms with E-state index in [1.807, 2.05) is 0 Å². The zero-order valence-corrected chi connectivity index (χ0v) is 19.4. The molecule has 2 aromatic rings. The highest BCUT2D eigenvalue weighted by molar-refractivity contribution is 5.89. The smallest absolute Gasteiger partial charge is 0.449 e. The van der Waals surface area contributed by atoms with Gasteiger partial charge in [-0.25, -0.2) is 22.9 Å². The third-order valence-corrected chi connectivity index (χ3v) is 5.73. The number of fused-ring (bicyclic) bond motifs is 1. The maximum atomic E-state index is 13.9. The van der Waals surface area contributed by atoms with Gasteiger partial charge in [-0.1, -0.05) is 0 Å². The van der Waals surface area contributed by atoms with E-state index in [0.29, 0.717) is 12.1 Å². The fourth-order valence-electron chi connectivity index (χ4n) is 4.07. The topological polar surface area (TPSA) is 99.7 Å². The predicted molar refractivity (Wildman–Crippen MR) is 112 cm³/mol. The molecular formula is C22H24F6N4O4. The largest absolute Gasteiger partial charge is 0.458 e. The van der Waals surface area contributed by atoms with E-state index in [1.54, 1.807) is 0 Å². The summed E-state index contributed by atoms with van der Waals surface area (Å²) < 4.78 is 91.8. The molecule has 1 aliphatic heterocycles. The van der Waals surface area contributed by atoms with Crippen molar-refractivity contribution < 1.29 is 45.4 Å². The highest BCUT2D eigenvalue weighted by Crippen LogP contribution is 2.36. The van der Waals surface area contributed by atoms with E-state index in [0.717, 1.165) is 4.57 Å². The number of benzene rings is 1. The normalized spacial score (nSPS) is 16.6. The second-order valence-corrected chi connectivity index (χ2v) is 8.24. The van der Waals surface area contributed by atoms with Gasteiger partial charge >= 0.3 is 12.1 Å². The van der Waals surface area contributed by atoms with Gasteiger partial charge in [0.15, 0.2) is 17.3 Å². The molecular weight excluding hydrogens is 498 g/mol. The molecule has 2 N–H and O–H groups in total. The van der Waals surface area contributed by atoms with Gasteiger partial charge in [0, 0.05) is 38.7 Å². The summed E-state index contributed by atoms with van der Waals surface area (Å²) >= 11 is 0. The van der Waals surface area contributed by atoms with E-state index in [9.17, 15) is 35.9 Å². The van der Waals surface area contributed by atoms with Crippen LogP contribution in [0.5, 0.6) is 0 Å². The Bertz CT molecular complexity index is 1140. The number of amides is 1. The van der Waals surface area contributed by atoms with Crippen molar-refractivity contribution in [1.82, 2.24) is 14.5 Å².